The van der Waals surface area contributed by atoms with Crippen LogP contribution in [0.5, 0.6) is 0 Å². The van der Waals surface area contributed by atoms with Crippen LogP contribution < -0.4 is 5.32 Å². The van der Waals surface area contributed by atoms with Gasteiger partial charge in [-0.1, -0.05) is 12.1 Å². The molecule has 0 saturated carbocycles. The van der Waals surface area contributed by atoms with Gasteiger partial charge in [0.25, 0.3) is 0 Å². The van der Waals surface area contributed by atoms with Gasteiger partial charge in [-0.2, -0.15) is 0 Å². The van der Waals surface area contributed by atoms with Gasteiger partial charge in [0, 0.05) is 7.05 Å². The molecule has 1 aromatic heterocycles. The van der Waals surface area contributed by atoms with Crippen LogP contribution in [0.4, 0.5) is 10.5 Å². The molecule has 1 heterocycles. The Bertz CT molecular complexity index is 607. The number of para-hydroxylation sites is 1. The van der Waals surface area contributed by atoms with E-state index in [9.17, 15) is 9.59 Å². The molecule has 2 amide bonds. The second kappa shape index (κ2) is 5.92. The molecule has 2 rings (SSSR count). The summed E-state index contributed by atoms with van der Waals surface area (Å²) >= 11 is 0. The van der Waals surface area contributed by atoms with Gasteiger partial charge in [-0.05, 0) is 24.3 Å². The molecule has 0 bridgehead atoms. The van der Waals surface area contributed by atoms with E-state index in [1.165, 1.54) is 17.2 Å². The first kappa shape index (κ1) is 13.7. The van der Waals surface area contributed by atoms with Crippen molar-refractivity contribution < 1.29 is 19.1 Å². The molecule has 1 aromatic carbocycles. The first-order valence-corrected chi connectivity index (χ1v) is 5.94. The Morgan fingerprint density at radius 1 is 1.25 bits per heavy atom. The van der Waals surface area contributed by atoms with Crippen LogP contribution in [-0.2, 0) is 6.54 Å². The molecule has 104 valence electrons. The number of benzene rings is 1. The average molecular weight is 274 g/mol. The number of amides is 2. The Labute approximate surface area is 115 Å². The second-order valence-corrected chi connectivity index (χ2v) is 4.22. The molecule has 0 fully saturated rings. The minimum absolute atomic E-state index is 0.0484. The van der Waals surface area contributed by atoms with Gasteiger partial charge >= 0.3 is 12.0 Å². The maximum Gasteiger partial charge on any atom is 0.337 e. The highest BCUT2D eigenvalue weighted by Gasteiger charge is 2.15. The molecule has 0 aliphatic heterocycles. The summed E-state index contributed by atoms with van der Waals surface area (Å²) in [6, 6.07) is 9.33. The van der Waals surface area contributed by atoms with E-state index in [0.717, 1.165) is 0 Å². The largest absolute Gasteiger partial charge is 0.478 e. The number of aromatic carboxylic acids is 1. The minimum atomic E-state index is -1.09. The molecule has 0 atom stereocenters. The molecule has 2 aromatic rings. The summed E-state index contributed by atoms with van der Waals surface area (Å²) in [7, 11) is 1.60. The zero-order chi connectivity index (χ0) is 14.5. The lowest BCUT2D eigenvalue weighted by atomic mass is 10.2. The number of carbonyl (C=O) groups excluding carboxylic acids is 1. The van der Waals surface area contributed by atoms with E-state index in [2.05, 4.69) is 5.32 Å². The van der Waals surface area contributed by atoms with Crippen LogP contribution in [0, 0.1) is 0 Å². The molecular formula is C14H14N2O4. The number of furan rings is 1. The number of anilines is 1. The van der Waals surface area contributed by atoms with Crippen molar-refractivity contribution in [2.24, 2.45) is 0 Å². The lowest BCUT2D eigenvalue weighted by Gasteiger charge is -2.17. The maximum atomic E-state index is 12.0. The Balaban J connectivity index is 2.06. The molecule has 0 radical (unpaired) electrons. The van der Waals surface area contributed by atoms with E-state index >= 15 is 0 Å². The molecule has 20 heavy (non-hydrogen) atoms. The zero-order valence-electron chi connectivity index (χ0n) is 10.9. The van der Waals surface area contributed by atoms with Crippen LogP contribution in [0.25, 0.3) is 0 Å². The maximum absolute atomic E-state index is 12.0. The van der Waals surface area contributed by atoms with E-state index < -0.39 is 12.0 Å². The van der Waals surface area contributed by atoms with Crippen molar-refractivity contribution in [3.8, 4) is 0 Å². The number of carbonyl (C=O) groups is 2. The summed E-state index contributed by atoms with van der Waals surface area (Å²) in [5.74, 6) is -0.441. The van der Waals surface area contributed by atoms with Crippen LogP contribution in [-0.4, -0.2) is 29.1 Å². The fourth-order valence-electron chi connectivity index (χ4n) is 1.70. The topological polar surface area (TPSA) is 82.8 Å². The summed E-state index contributed by atoms with van der Waals surface area (Å²) in [5, 5.41) is 11.6. The van der Waals surface area contributed by atoms with Gasteiger partial charge in [0.2, 0.25) is 0 Å². The summed E-state index contributed by atoms with van der Waals surface area (Å²) in [6.07, 6.45) is 1.53. The van der Waals surface area contributed by atoms with E-state index in [0.29, 0.717) is 12.3 Å². The number of hydrogen-bond acceptors (Lipinski definition) is 3. The van der Waals surface area contributed by atoms with Gasteiger partial charge in [-0.25, -0.2) is 9.59 Å². The monoisotopic (exact) mass is 274 g/mol. The third-order valence-corrected chi connectivity index (χ3v) is 2.72. The zero-order valence-corrected chi connectivity index (χ0v) is 10.9. The van der Waals surface area contributed by atoms with Crippen molar-refractivity contribution in [2.45, 2.75) is 6.54 Å². The number of nitrogens with zero attached hydrogens (tertiary/aromatic N) is 1. The molecule has 2 N–H and O–H groups in total. The van der Waals surface area contributed by atoms with Crippen molar-refractivity contribution in [2.75, 3.05) is 12.4 Å². The Morgan fingerprint density at radius 3 is 2.65 bits per heavy atom. The van der Waals surface area contributed by atoms with Crippen LogP contribution in [0.2, 0.25) is 0 Å². The van der Waals surface area contributed by atoms with Gasteiger partial charge < -0.3 is 19.7 Å². The van der Waals surface area contributed by atoms with Crippen molar-refractivity contribution in [3.63, 3.8) is 0 Å². The SMILES string of the molecule is CN(Cc1ccco1)C(=O)Nc1ccccc1C(=O)O. The molecular weight excluding hydrogens is 260 g/mol. The van der Waals surface area contributed by atoms with E-state index in [-0.39, 0.29) is 11.3 Å². The quantitative estimate of drug-likeness (QED) is 0.897. The first-order valence-electron chi connectivity index (χ1n) is 5.94. The number of nitrogens with one attached hydrogen (secondary N) is 1. The highest BCUT2D eigenvalue weighted by molar-refractivity contribution is 5.99. The molecule has 6 nitrogen and oxygen atoms in total. The highest BCUT2D eigenvalue weighted by Crippen LogP contribution is 2.15. The number of carboxylic acids is 1. The smallest absolute Gasteiger partial charge is 0.337 e. The van der Waals surface area contributed by atoms with Crippen LogP contribution in [0.3, 0.4) is 0 Å². The molecule has 6 heteroatoms. The second-order valence-electron chi connectivity index (χ2n) is 4.22. The van der Waals surface area contributed by atoms with Gasteiger partial charge in [0.15, 0.2) is 0 Å². The summed E-state index contributed by atoms with van der Waals surface area (Å²) < 4.78 is 5.15. The molecule has 0 unspecified atom stereocenters. The van der Waals surface area contributed by atoms with Gasteiger partial charge in [0.1, 0.15) is 5.76 Å². The van der Waals surface area contributed by atoms with Crippen LogP contribution >= 0.6 is 0 Å². The van der Waals surface area contributed by atoms with Crippen LogP contribution in [0.15, 0.2) is 47.1 Å². The normalized spacial score (nSPS) is 10.1. The van der Waals surface area contributed by atoms with Crippen molar-refractivity contribution in [1.82, 2.24) is 4.90 Å². The predicted molar refractivity (Wildman–Crippen MR) is 72.6 cm³/mol. The molecule has 0 saturated heterocycles. The Morgan fingerprint density at radius 2 is 2.00 bits per heavy atom. The Kier molecular flexibility index (Phi) is 4.05. The minimum Gasteiger partial charge on any atom is -0.478 e. The average Bonchev–Trinajstić information content (AvgIpc) is 2.91. The number of urea groups is 1. The van der Waals surface area contributed by atoms with Gasteiger partial charge in [0.05, 0.1) is 24.1 Å². The number of hydrogen-bond donors (Lipinski definition) is 2. The number of rotatable bonds is 4. The third-order valence-electron chi connectivity index (χ3n) is 2.72. The molecule has 0 aliphatic carbocycles. The van der Waals surface area contributed by atoms with Crippen LogP contribution in [0.1, 0.15) is 16.1 Å². The summed E-state index contributed by atoms with van der Waals surface area (Å²) in [4.78, 5) is 24.4. The predicted octanol–water partition coefficient (Wildman–Crippen LogP) is 2.64. The van der Waals surface area contributed by atoms with Gasteiger partial charge in [-0.3, -0.25) is 0 Å². The van der Waals surface area contributed by atoms with Crippen molar-refractivity contribution >= 4 is 17.7 Å². The summed E-state index contributed by atoms with van der Waals surface area (Å²) in [5.41, 5.74) is 0.309. The highest BCUT2D eigenvalue weighted by atomic mass is 16.4. The molecule has 0 aliphatic rings. The lowest BCUT2D eigenvalue weighted by molar-refractivity contribution is 0.0698. The fourth-order valence-corrected chi connectivity index (χ4v) is 1.70. The Hall–Kier alpha value is -2.76. The summed E-state index contributed by atoms with van der Waals surface area (Å²) in [6.45, 7) is 0.300. The third kappa shape index (κ3) is 3.17. The lowest BCUT2D eigenvalue weighted by Crippen LogP contribution is -2.31. The van der Waals surface area contributed by atoms with E-state index in [1.54, 1.807) is 37.4 Å². The van der Waals surface area contributed by atoms with E-state index in [4.69, 9.17) is 9.52 Å². The molecule has 0 spiro atoms. The standard InChI is InChI=1S/C14H14N2O4/c1-16(9-10-5-4-8-20-10)14(19)15-12-7-3-2-6-11(12)13(17)18/h2-8H,9H2,1H3,(H,15,19)(H,17,18). The van der Waals surface area contributed by atoms with Crippen molar-refractivity contribution in [1.29, 1.82) is 0 Å². The first-order chi connectivity index (χ1) is 9.58. The number of carboxylic acid groups (broad SMARTS) is 1. The van der Waals surface area contributed by atoms with E-state index in [1.807, 2.05) is 0 Å². The fraction of sp³-hybridized carbons (Fsp3) is 0.143. The van der Waals surface area contributed by atoms with Gasteiger partial charge in [-0.15, -0.1) is 0 Å². The van der Waals surface area contributed by atoms with Crippen molar-refractivity contribution in [3.05, 3.63) is 54.0 Å².